The molecule has 0 saturated heterocycles. The lowest BCUT2D eigenvalue weighted by molar-refractivity contribution is 0.646. The standard InChI is InChI=1S/C15H20ClN3/c1-10(2)8-12-4-6-13(7-5-12)9-19-15(17)14(16)11(3)18-19/h4-7,10H,8-9,17H2,1-3H3. The van der Waals surface area contributed by atoms with Crippen LogP contribution in [0.1, 0.15) is 30.7 Å². The highest BCUT2D eigenvalue weighted by molar-refractivity contribution is 6.33. The zero-order valence-electron chi connectivity index (χ0n) is 11.7. The highest BCUT2D eigenvalue weighted by atomic mass is 35.5. The summed E-state index contributed by atoms with van der Waals surface area (Å²) in [5, 5.41) is 4.89. The van der Waals surface area contributed by atoms with Crippen LogP contribution in [0.3, 0.4) is 0 Å². The predicted molar refractivity (Wildman–Crippen MR) is 80.5 cm³/mol. The number of halogens is 1. The SMILES string of the molecule is Cc1nn(Cc2ccc(CC(C)C)cc2)c(N)c1Cl. The van der Waals surface area contributed by atoms with Gasteiger partial charge in [-0.3, -0.25) is 0 Å². The van der Waals surface area contributed by atoms with Gasteiger partial charge in [0.2, 0.25) is 0 Å². The molecule has 1 aromatic heterocycles. The van der Waals surface area contributed by atoms with E-state index in [0.29, 0.717) is 23.3 Å². The lowest BCUT2D eigenvalue weighted by Gasteiger charge is -2.07. The first-order chi connectivity index (χ1) is 8.97. The molecule has 19 heavy (non-hydrogen) atoms. The number of nitrogen functional groups attached to an aromatic ring is 1. The van der Waals surface area contributed by atoms with E-state index in [1.807, 2.05) is 6.92 Å². The van der Waals surface area contributed by atoms with Gasteiger partial charge < -0.3 is 5.73 Å². The van der Waals surface area contributed by atoms with E-state index < -0.39 is 0 Å². The largest absolute Gasteiger partial charge is 0.383 e. The lowest BCUT2D eigenvalue weighted by Crippen LogP contribution is -2.06. The molecule has 0 saturated carbocycles. The Morgan fingerprint density at radius 3 is 2.26 bits per heavy atom. The monoisotopic (exact) mass is 277 g/mol. The van der Waals surface area contributed by atoms with Crippen molar-refractivity contribution in [3.05, 3.63) is 46.1 Å². The van der Waals surface area contributed by atoms with Gasteiger partial charge in [0.25, 0.3) is 0 Å². The molecule has 0 aliphatic rings. The second-order valence-electron chi connectivity index (χ2n) is 5.36. The number of nitrogens with two attached hydrogens (primary N) is 1. The van der Waals surface area contributed by atoms with Gasteiger partial charge in [0, 0.05) is 0 Å². The summed E-state index contributed by atoms with van der Waals surface area (Å²) in [5.41, 5.74) is 9.23. The number of aryl methyl sites for hydroxylation is 1. The Kier molecular flexibility index (Phi) is 4.15. The third-order valence-electron chi connectivity index (χ3n) is 3.09. The molecule has 1 heterocycles. The molecule has 0 spiro atoms. The van der Waals surface area contributed by atoms with Crippen LogP contribution in [0.15, 0.2) is 24.3 Å². The van der Waals surface area contributed by atoms with Gasteiger partial charge in [0.15, 0.2) is 0 Å². The molecule has 2 rings (SSSR count). The van der Waals surface area contributed by atoms with Crippen LogP contribution in [0.2, 0.25) is 5.02 Å². The zero-order valence-corrected chi connectivity index (χ0v) is 12.4. The molecule has 0 atom stereocenters. The minimum Gasteiger partial charge on any atom is -0.383 e. The molecule has 102 valence electrons. The number of anilines is 1. The molecule has 0 fully saturated rings. The van der Waals surface area contributed by atoms with Crippen molar-refractivity contribution in [2.45, 2.75) is 33.7 Å². The van der Waals surface area contributed by atoms with E-state index in [9.17, 15) is 0 Å². The molecule has 2 aromatic rings. The summed E-state index contributed by atoms with van der Waals surface area (Å²) in [4.78, 5) is 0. The number of benzene rings is 1. The Labute approximate surface area is 119 Å². The second-order valence-corrected chi connectivity index (χ2v) is 5.73. The van der Waals surface area contributed by atoms with Gasteiger partial charge >= 0.3 is 0 Å². The van der Waals surface area contributed by atoms with E-state index in [-0.39, 0.29) is 0 Å². The Bertz CT molecular complexity index is 556. The topological polar surface area (TPSA) is 43.8 Å². The summed E-state index contributed by atoms with van der Waals surface area (Å²) in [7, 11) is 0. The molecule has 0 amide bonds. The van der Waals surface area contributed by atoms with Crippen LogP contribution in [0, 0.1) is 12.8 Å². The molecule has 0 unspecified atom stereocenters. The third-order valence-corrected chi connectivity index (χ3v) is 3.56. The van der Waals surface area contributed by atoms with Crippen molar-refractivity contribution in [2.24, 2.45) is 5.92 Å². The highest BCUT2D eigenvalue weighted by Crippen LogP contribution is 2.23. The van der Waals surface area contributed by atoms with Crippen molar-refractivity contribution >= 4 is 17.4 Å². The summed E-state index contributed by atoms with van der Waals surface area (Å²) in [5.74, 6) is 1.21. The van der Waals surface area contributed by atoms with Crippen molar-refractivity contribution in [1.82, 2.24) is 9.78 Å². The highest BCUT2D eigenvalue weighted by Gasteiger charge is 2.10. The molecule has 0 radical (unpaired) electrons. The van der Waals surface area contributed by atoms with Gasteiger partial charge in [-0.05, 0) is 30.4 Å². The molecular weight excluding hydrogens is 258 g/mol. The lowest BCUT2D eigenvalue weighted by atomic mass is 10.0. The van der Waals surface area contributed by atoms with Gasteiger partial charge in [-0.1, -0.05) is 49.7 Å². The van der Waals surface area contributed by atoms with Crippen LogP contribution in [0.5, 0.6) is 0 Å². The first-order valence-electron chi connectivity index (χ1n) is 6.53. The number of rotatable bonds is 4. The summed E-state index contributed by atoms with van der Waals surface area (Å²) in [6.07, 6.45) is 1.11. The van der Waals surface area contributed by atoms with Gasteiger partial charge in [0.05, 0.1) is 12.2 Å². The smallest absolute Gasteiger partial charge is 0.141 e. The summed E-state index contributed by atoms with van der Waals surface area (Å²) < 4.78 is 1.75. The Balaban J connectivity index is 2.13. The van der Waals surface area contributed by atoms with Crippen LogP contribution in [0.4, 0.5) is 5.82 Å². The molecule has 4 heteroatoms. The van der Waals surface area contributed by atoms with E-state index in [1.165, 1.54) is 11.1 Å². The van der Waals surface area contributed by atoms with E-state index in [1.54, 1.807) is 4.68 Å². The average Bonchev–Trinajstić information content (AvgIpc) is 2.59. The molecule has 2 N–H and O–H groups in total. The first-order valence-corrected chi connectivity index (χ1v) is 6.91. The van der Waals surface area contributed by atoms with Crippen LogP contribution < -0.4 is 5.73 Å². The van der Waals surface area contributed by atoms with Crippen LogP contribution in [0.25, 0.3) is 0 Å². The number of hydrogen-bond acceptors (Lipinski definition) is 2. The molecular formula is C15H20ClN3. The molecule has 3 nitrogen and oxygen atoms in total. The zero-order chi connectivity index (χ0) is 14.0. The van der Waals surface area contributed by atoms with Gasteiger partial charge in [-0.25, -0.2) is 4.68 Å². The van der Waals surface area contributed by atoms with Crippen LogP contribution in [-0.2, 0) is 13.0 Å². The van der Waals surface area contributed by atoms with Crippen molar-refractivity contribution < 1.29 is 0 Å². The molecule has 0 aliphatic heterocycles. The fourth-order valence-electron chi connectivity index (χ4n) is 2.12. The van der Waals surface area contributed by atoms with Gasteiger partial charge in [0.1, 0.15) is 10.8 Å². The fraction of sp³-hybridized carbons (Fsp3) is 0.400. The van der Waals surface area contributed by atoms with Gasteiger partial charge in [-0.2, -0.15) is 5.10 Å². The number of hydrogen-bond donors (Lipinski definition) is 1. The van der Waals surface area contributed by atoms with Gasteiger partial charge in [-0.15, -0.1) is 0 Å². The quantitative estimate of drug-likeness (QED) is 0.927. The number of nitrogens with zero attached hydrogens (tertiary/aromatic N) is 2. The maximum absolute atomic E-state index is 6.04. The molecule has 1 aromatic carbocycles. The van der Waals surface area contributed by atoms with Crippen LogP contribution >= 0.6 is 11.6 Å². The average molecular weight is 278 g/mol. The van der Waals surface area contributed by atoms with E-state index in [2.05, 4.69) is 43.2 Å². The maximum Gasteiger partial charge on any atom is 0.141 e. The van der Waals surface area contributed by atoms with Crippen molar-refractivity contribution in [1.29, 1.82) is 0 Å². The predicted octanol–water partition coefficient (Wildman–Crippen LogP) is 3.67. The van der Waals surface area contributed by atoms with Crippen molar-refractivity contribution in [2.75, 3.05) is 5.73 Å². The van der Waals surface area contributed by atoms with Crippen molar-refractivity contribution in [3.8, 4) is 0 Å². The van der Waals surface area contributed by atoms with E-state index in [0.717, 1.165) is 12.1 Å². The Morgan fingerprint density at radius 1 is 1.21 bits per heavy atom. The maximum atomic E-state index is 6.04. The van der Waals surface area contributed by atoms with Crippen LogP contribution in [-0.4, -0.2) is 9.78 Å². The minimum atomic E-state index is 0.533. The summed E-state index contributed by atoms with van der Waals surface area (Å²) in [6.45, 7) is 6.97. The number of aromatic nitrogens is 2. The Morgan fingerprint density at radius 2 is 1.79 bits per heavy atom. The third kappa shape index (κ3) is 3.29. The minimum absolute atomic E-state index is 0.533. The summed E-state index contributed by atoms with van der Waals surface area (Å²) >= 11 is 6.04. The Hall–Kier alpha value is -1.48. The fourth-order valence-corrected chi connectivity index (χ4v) is 2.26. The summed E-state index contributed by atoms with van der Waals surface area (Å²) in [6, 6.07) is 8.59. The van der Waals surface area contributed by atoms with E-state index >= 15 is 0 Å². The van der Waals surface area contributed by atoms with E-state index in [4.69, 9.17) is 17.3 Å². The normalized spacial score (nSPS) is 11.2. The first kappa shape index (κ1) is 13.9. The molecule has 0 aliphatic carbocycles. The van der Waals surface area contributed by atoms with Crippen molar-refractivity contribution in [3.63, 3.8) is 0 Å². The second kappa shape index (κ2) is 5.66. The molecule has 0 bridgehead atoms.